The smallest absolute Gasteiger partial charge is 0.0985 e. The van der Waals surface area contributed by atoms with Gasteiger partial charge in [0.25, 0.3) is 0 Å². The normalized spacial score (nSPS) is 10.6. The van der Waals surface area contributed by atoms with Gasteiger partial charge in [0.05, 0.1) is 16.8 Å². The number of hydrogen-bond donors (Lipinski definition) is 1. The summed E-state index contributed by atoms with van der Waals surface area (Å²) in [6, 6.07) is 4.04. The molecule has 0 atom stereocenters. The summed E-state index contributed by atoms with van der Waals surface area (Å²) in [4.78, 5) is 1.16. The molecule has 0 saturated carbocycles. The third-order valence-corrected chi connectivity index (χ3v) is 2.81. The third kappa shape index (κ3) is 1.83. The van der Waals surface area contributed by atoms with Crippen LogP contribution in [0.1, 0.15) is 6.42 Å². The summed E-state index contributed by atoms with van der Waals surface area (Å²) >= 11 is 1.66. The molecule has 0 amide bonds. The van der Waals surface area contributed by atoms with Crippen molar-refractivity contribution in [1.82, 2.24) is 15.0 Å². The molecule has 2 aromatic rings. The number of hydrogen-bond acceptors (Lipinski definition) is 4. The Labute approximate surface area is 85.8 Å². The molecule has 0 aromatic carbocycles. The van der Waals surface area contributed by atoms with Gasteiger partial charge in [0.15, 0.2) is 0 Å². The van der Waals surface area contributed by atoms with Crippen LogP contribution in [0.4, 0.5) is 0 Å². The van der Waals surface area contributed by atoms with Crippen molar-refractivity contribution < 1.29 is 5.11 Å². The Morgan fingerprint density at radius 2 is 2.43 bits per heavy atom. The highest BCUT2D eigenvalue weighted by Crippen LogP contribution is 2.23. The zero-order chi connectivity index (χ0) is 9.80. The summed E-state index contributed by atoms with van der Waals surface area (Å²) in [6.45, 7) is 0.896. The Balaban J connectivity index is 2.22. The zero-order valence-corrected chi connectivity index (χ0v) is 8.44. The Bertz CT molecular complexity index is 382. The standard InChI is InChI=1S/C9H11N3OS/c13-5-2-4-12-8(7-10-11-12)9-3-1-6-14-9/h1,3,6-7,13H,2,4-5H2. The first-order valence-corrected chi connectivity index (χ1v) is 5.33. The summed E-state index contributed by atoms with van der Waals surface area (Å²) in [6.07, 6.45) is 2.46. The minimum Gasteiger partial charge on any atom is -0.396 e. The molecule has 4 nitrogen and oxygen atoms in total. The molecule has 2 heterocycles. The van der Waals surface area contributed by atoms with Crippen molar-refractivity contribution in [2.75, 3.05) is 6.61 Å². The molecule has 2 rings (SSSR count). The van der Waals surface area contributed by atoms with Gasteiger partial charge in [-0.15, -0.1) is 16.4 Å². The van der Waals surface area contributed by atoms with E-state index in [9.17, 15) is 0 Å². The molecule has 0 aliphatic rings. The molecule has 1 N–H and O–H groups in total. The molecule has 14 heavy (non-hydrogen) atoms. The van der Waals surface area contributed by atoms with E-state index in [1.54, 1.807) is 17.5 Å². The Morgan fingerprint density at radius 1 is 1.50 bits per heavy atom. The molecule has 0 bridgehead atoms. The highest BCUT2D eigenvalue weighted by Gasteiger charge is 2.06. The number of aryl methyl sites for hydroxylation is 1. The molecular formula is C9H11N3OS. The molecule has 0 saturated heterocycles. The van der Waals surface area contributed by atoms with Gasteiger partial charge in [-0.3, -0.25) is 0 Å². The van der Waals surface area contributed by atoms with Crippen molar-refractivity contribution in [2.45, 2.75) is 13.0 Å². The van der Waals surface area contributed by atoms with Gasteiger partial charge in [-0.1, -0.05) is 11.3 Å². The van der Waals surface area contributed by atoms with E-state index >= 15 is 0 Å². The summed E-state index contributed by atoms with van der Waals surface area (Å²) in [5.41, 5.74) is 1.02. The Kier molecular flexibility index (Phi) is 2.90. The van der Waals surface area contributed by atoms with Crippen molar-refractivity contribution in [2.24, 2.45) is 0 Å². The maximum absolute atomic E-state index is 8.73. The summed E-state index contributed by atoms with van der Waals surface area (Å²) < 4.78 is 1.82. The summed E-state index contributed by atoms with van der Waals surface area (Å²) in [7, 11) is 0. The van der Waals surface area contributed by atoms with Gasteiger partial charge < -0.3 is 5.11 Å². The van der Waals surface area contributed by atoms with Crippen molar-refractivity contribution in [3.8, 4) is 10.6 Å². The molecule has 0 aliphatic heterocycles. The molecule has 0 unspecified atom stereocenters. The summed E-state index contributed by atoms with van der Waals surface area (Å²) in [5, 5.41) is 18.6. The lowest BCUT2D eigenvalue weighted by atomic mass is 10.3. The molecule has 2 aromatic heterocycles. The van der Waals surface area contributed by atoms with Crippen molar-refractivity contribution >= 4 is 11.3 Å². The van der Waals surface area contributed by atoms with E-state index in [4.69, 9.17) is 5.11 Å². The molecular weight excluding hydrogens is 198 g/mol. The first kappa shape index (κ1) is 9.36. The fourth-order valence-electron chi connectivity index (χ4n) is 1.26. The van der Waals surface area contributed by atoms with E-state index in [0.29, 0.717) is 13.0 Å². The molecule has 0 aliphatic carbocycles. The number of aliphatic hydroxyl groups excluding tert-OH is 1. The molecule has 0 spiro atoms. The van der Waals surface area contributed by atoms with Crippen LogP contribution in [0, 0.1) is 0 Å². The van der Waals surface area contributed by atoms with Gasteiger partial charge in [-0.05, 0) is 17.9 Å². The predicted octanol–water partition coefficient (Wildman–Crippen LogP) is 1.39. The topological polar surface area (TPSA) is 50.9 Å². The molecule has 0 fully saturated rings. The number of thiophene rings is 1. The maximum Gasteiger partial charge on any atom is 0.0985 e. The Morgan fingerprint density at radius 3 is 3.14 bits per heavy atom. The van der Waals surface area contributed by atoms with Crippen molar-refractivity contribution in [1.29, 1.82) is 0 Å². The minimum absolute atomic E-state index is 0.184. The van der Waals surface area contributed by atoms with E-state index in [2.05, 4.69) is 10.3 Å². The van der Waals surface area contributed by atoms with Crippen molar-refractivity contribution in [3.63, 3.8) is 0 Å². The van der Waals surface area contributed by atoms with Crippen LogP contribution in [0.5, 0.6) is 0 Å². The van der Waals surface area contributed by atoms with Crippen LogP contribution < -0.4 is 0 Å². The first-order chi connectivity index (χ1) is 6.92. The van der Waals surface area contributed by atoms with E-state index in [1.807, 2.05) is 22.2 Å². The van der Waals surface area contributed by atoms with Crippen LogP contribution in [0.15, 0.2) is 23.7 Å². The number of aliphatic hydroxyl groups is 1. The van der Waals surface area contributed by atoms with E-state index in [0.717, 1.165) is 10.6 Å². The van der Waals surface area contributed by atoms with Crippen LogP contribution in [0.2, 0.25) is 0 Å². The quantitative estimate of drug-likeness (QED) is 0.827. The molecule has 74 valence electrons. The second-order valence-electron chi connectivity index (χ2n) is 2.90. The van der Waals surface area contributed by atoms with Crippen LogP contribution in [0.3, 0.4) is 0 Å². The van der Waals surface area contributed by atoms with Crippen LogP contribution in [-0.2, 0) is 6.54 Å². The SMILES string of the molecule is OCCCn1nncc1-c1cccs1. The lowest BCUT2D eigenvalue weighted by Gasteiger charge is -2.02. The summed E-state index contributed by atoms with van der Waals surface area (Å²) in [5.74, 6) is 0. The van der Waals surface area contributed by atoms with Gasteiger partial charge >= 0.3 is 0 Å². The van der Waals surface area contributed by atoms with E-state index in [1.165, 1.54) is 0 Å². The van der Waals surface area contributed by atoms with Gasteiger partial charge in [0.1, 0.15) is 0 Å². The number of aromatic nitrogens is 3. The van der Waals surface area contributed by atoms with Crippen LogP contribution in [0.25, 0.3) is 10.6 Å². The first-order valence-electron chi connectivity index (χ1n) is 4.45. The molecule has 5 heteroatoms. The average Bonchev–Trinajstić information content (AvgIpc) is 2.84. The highest BCUT2D eigenvalue weighted by atomic mass is 32.1. The number of rotatable bonds is 4. The van der Waals surface area contributed by atoms with E-state index in [-0.39, 0.29) is 6.61 Å². The van der Waals surface area contributed by atoms with Crippen LogP contribution in [-0.4, -0.2) is 26.7 Å². The van der Waals surface area contributed by atoms with Gasteiger partial charge in [0.2, 0.25) is 0 Å². The van der Waals surface area contributed by atoms with E-state index < -0.39 is 0 Å². The lowest BCUT2D eigenvalue weighted by molar-refractivity contribution is 0.276. The lowest BCUT2D eigenvalue weighted by Crippen LogP contribution is -2.03. The fourth-order valence-corrected chi connectivity index (χ4v) is 2.00. The Hall–Kier alpha value is -1.20. The molecule has 0 radical (unpaired) electrons. The fraction of sp³-hybridized carbons (Fsp3) is 0.333. The van der Waals surface area contributed by atoms with Crippen molar-refractivity contribution in [3.05, 3.63) is 23.7 Å². The number of nitrogens with zero attached hydrogens (tertiary/aromatic N) is 3. The average molecular weight is 209 g/mol. The van der Waals surface area contributed by atoms with Gasteiger partial charge in [0, 0.05) is 13.2 Å². The predicted molar refractivity (Wildman–Crippen MR) is 55.0 cm³/mol. The maximum atomic E-state index is 8.73. The second-order valence-corrected chi connectivity index (χ2v) is 3.84. The van der Waals surface area contributed by atoms with Gasteiger partial charge in [-0.25, -0.2) is 4.68 Å². The zero-order valence-electron chi connectivity index (χ0n) is 7.63. The second kappa shape index (κ2) is 4.34. The largest absolute Gasteiger partial charge is 0.396 e. The highest BCUT2D eigenvalue weighted by molar-refractivity contribution is 7.13. The van der Waals surface area contributed by atoms with Crippen LogP contribution >= 0.6 is 11.3 Å². The monoisotopic (exact) mass is 209 g/mol. The minimum atomic E-state index is 0.184. The third-order valence-electron chi connectivity index (χ3n) is 1.92. The van der Waals surface area contributed by atoms with Gasteiger partial charge in [-0.2, -0.15) is 0 Å².